The molecule has 0 aliphatic rings. The van der Waals surface area contributed by atoms with Crippen LogP contribution in [0.4, 0.5) is 0 Å². The second-order valence-corrected chi connectivity index (χ2v) is 13.5. The molecular formula is C50H30O. The highest BCUT2D eigenvalue weighted by molar-refractivity contribution is 6.26. The smallest absolute Gasteiger partial charge is 0.136 e. The topological polar surface area (TPSA) is 13.1 Å². The molecule has 0 spiro atoms. The van der Waals surface area contributed by atoms with E-state index in [1.165, 1.54) is 92.6 Å². The van der Waals surface area contributed by atoms with Gasteiger partial charge < -0.3 is 4.42 Å². The van der Waals surface area contributed by atoms with Crippen molar-refractivity contribution < 1.29 is 4.42 Å². The SMILES string of the molecule is c1ccc2c(-c3c4ccccc4c(-c4ccc(-c5ccc6oc7ccc8ccccc8c7c6c5)c5ccccc45)c4ccccc34)cccc2c1. The average molecular weight is 647 g/mol. The maximum Gasteiger partial charge on any atom is 0.136 e. The van der Waals surface area contributed by atoms with Gasteiger partial charge in [-0.15, -0.1) is 0 Å². The molecule has 0 unspecified atom stereocenters. The summed E-state index contributed by atoms with van der Waals surface area (Å²) >= 11 is 0. The van der Waals surface area contributed by atoms with E-state index in [9.17, 15) is 0 Å². The van der Waals surface area contributed by atoms with Gasteiger partial charge in [0.25, 0.3) is 0 Å². The van der Waals surface area contributed by atoms with Gasteiger partial charge >= 0.3 is 0 Å². The van der Waals surface area contributed by atoms with E-state index in [0.29, 0.717) is 0 Å². The number of furan rings is 1. The van der Waals surface area contributed by atoms with Crippen LogP contribution < -0.4 is 0 Å². The molecule has 1 aromatic heterocycles. The molecule has 0 aliphatic carbocycles. The van der Waals surface area contributed by atoms with Crippen molar-refractivity contribution in [3.05, 3.63) is 182 Å². The molecule has 0 aliphatic heterocycles. The minimum atomic E-state index is 0.912. The molecule has 0 amide bonds. The van der Waals surface area contributed by atoms with Crippen LogP contribution >= 0.6 is 0 Å². The Hall–Kier alpha value is -6.70. The van der Waals surface area contributed by atoms with Crippen molar-refractivity contribution in [2.24, 2.45) is 0 Å². The highest BCUT2D eigenvalue weighted by Crippen LogP contribution is 2.48. The van der Waals surface area contributed by atoms with Crippen LogP contribution in [0.1, 0.15) is 0 Å². The van der Waals surface area contributed by atoms with Gasteiger partial charge in [-0.2, -0.15) is 0 Å². The summed E-state index contributed by atoms with van der Waals surface area (Å²) < 4.78 is 6.36. The van der Waals surface area contributed by atoms with E-state index in [2.05, 4.69) is 182 Å². The van der Waals surface area contributed by atoms with Gasteiger partial charge in [-0.1, -0.05) is 164 Å². The van der Waals surface area contributed by atoms with E-state index in [1.807, 2.05) is 0 Å². The van der Waals surface area contributed by atoms with Gasteiger partial charge in [0.2, 0.25) is 0 Å². The summed E-state index contributed by atoms with van der Waals surface area (Å²) in [6.45, 7) is 0. The molecule has 0 saturated heterocycles. The molecule has 0 atom stereocenters. The standard InChI is InChI=1S/C50H30O/c1-3-15-34-31(12-1)14-11-23-39(34)48-40-19-7-9-21-42(40)49(43-22-10-8-20-41(43)48)44-27-26-35(37-17-5-6-18-38(37)44)33-25-28-46-45(30-33)50-36-16-4-2-13-32(36)24-29-47(50)51-46/h1-30H. The maximum atomic E-state index is 6.36. The van der Waals surface area contributed by atoms with Crippen molar-refractivity contribution in [2.75, 3.05) is 0 Å². The predicted molar refractivity (Wildman–Crippen MR) is 218 cm³/mol. The molecule has 1 heterocycles. The first-order valence-electron chi connectivity index (χ1n) is 17.6. The fourth-order valence-electron chi connectivity index (χ4n) is 8.64. The third kappa shape index (κ3) is 4.16. The van der Waals surface area contributed by atoms with Gasteiger partial charge in [-0.3, -0.25) is 0 Å². The van der Waals surface area contributed by atoms with Crippen molar-refractivity contribution in [3.8, 4) is 33.4 Å². The molecular weight excluding hydrogens is 617 g/mol. The van der Waals surface area contributed by atoms with Crippen LogP contribution in [0.2, 0.25) is 0 Å². The summed E-state index contributed by atoms with van der Waals surface area (Å²) in [6, 6.07) is 66.4. The normalized spacial score (nSPS) is 11.9. The van der Waals surface area contributed by atoms with E-state index in [4.69, 9.17) is 4.42 Å². The Balaban J connectivity index is 1.18. The summed E-state index contributed by atoms with van der Waals surface area (Å²) in [6.07, 6.45) is 0. The predicted octanol–water partition coefficient (Wildman–Crippen LogP) is 14.4. The van der Waals surface area contributed by atoms with E-state index in [1.54, 1.807) is 0 Å². The molecule has 11 rings (SSSR count). The van der Waals surface area contributed by atoms with Gasteiger partial charge in [-0.05, 0) is 105 Å². The molecule has 0 saturated carbocycles. The van der Waals surface area contributed by atoms with Gasteiger partial charge in [0, 0.05) is 10.8 Å². The van der Waals surface area contributed by atoms with Crippen LogP contribution in [-0.2, 0) is 0 Å². The lowest BCUT2D eigenvalue weighted by atomic mass is 9.83. The Bertz CT molecular complexity index is 3130. The first-order chi connectivity index (χ1) is 25.3. The van der Waals surface area contributed by atoms with Gasteiger partial charge in [0.1, 0.15) is 11.2 Å². The first-order valence-corrected chi connectivity index (χ1v) is 17.6. The monoisotopic (exact) mass is 646 g/mol. The largest absolute Gasteiger partial charge is 0.456 e. The fourth-order valence-corrected chi connectivity index (χ4v) is 8.64. The van der Waals surface area contributed by atoms with Crippen LogP contribution in [0.25, 0.3) is 109 Å². The Morgan fingerprint density at radius 2 is 0.745 bits per heavy atom. The molecule has 1 nitrogen and oxygen atoms in total. The zero-order chi connectivity index (χ0) is 33.5. The van der Waals surface area contributed by atoms with Crippen LogP contribution in [0.3, 0.4) is 0 Å². The molecule has 0 bridgehead atoms. The Labute approximate surface area is 294 Å². The maximum absolute atomic E-state index is 6.36. The Morgan fingerprint density at radius 1 is 0.275 bits per heavy atom. The molecule has 0 N–H and O–H groups in total. The summed E-state index contributed by atoms with van der Waals surface area (Å²) in [5.41, 5.74) is 9.30. The van der Waals surface area contributed by atoms with Crippen molar-refractivity contribution >= 4 is 75.8 Å². The van der Waals surface area contributed by atoms with Crippen LogP contribution in [0.15, 0.2) is 186 Å². The van der Waals surface area contributed by atoms with Crippen LogP contribution in [0.5, 0.6) is 0 Å². The lowest BCUT2D eigenvalue weighted by Gasteiger charge is -2.20. The average Bonchev–Trinajstić information content (AvgIpc) is 3.58. The number of hydrogen-bond acceptors (Lipinski definition) is 1. The Kier molecular flexibility index (Phi) is 6.02. The molecule has 51 heavy (non-hydrogen) atoms. The molecule has 236 valence electrons. The van der Waals surface area contributed by atoms with Crippen molar-refractivity contribution in [2.45, 2.75) is 0 Å². The van der Waals surface area contributed by atoms with Crippen molar-refractivity contribution in [1.29, 1.82) is 0 Å². The van der Waals surface area contributed by atoms with Gasteiger partial charge in [0.05, 0.1) is 0 Å². The fraction of sp³-hybridized carbons (Fsp3) is 0. The van der Waals surface area contributed by atoms with Gasteiger partial charge in [-0.25, -0.2) is 0 Å². The van der Waals surface area contributed by atoms with E-state index >= 15 is 0 Å². The van der Waals surface area contributed by atoms with Crippen LogP contribution in [-0.4, -0.2) is 0 Å². The number of rotatable bonds is 3. The van der Waals surface area contributed by atoms with Gasteiger partial charge in [0.15, 0.2) is 0 Å². The summed E-state index contributed by atoms with van der Waals surface area (Å²) in [5.74, 6) is 0. The minimum absolute atomic E-state index is 0.912. The van der Waals surface area contributed by atoms with Crippen molar-refractivity contribution in [3.63, 3.8) is 0 Å². The number of hydrogen-bond donors (Lipinski definition) is 0. The first kappa shape index (κ1) is 28.2. The minimum Gasteiger partial charge on any atom is -0.456 e. The quantitative estimate of drug-likeness (QED) is 0.174. The molecule has 10 aromatic carbocycles. The summed E-state index contributed by atoms with van der Waals surface area (Å²) in [4.78, 5) is 0. The number of benzene rings is 10. The third-order valence-corrected chi connectivity index (χ3v) is 10.9. The Morgan fingerprint density at radius 3 is 1.41 bits per heavy atom. The third-order valence-electron chi connectivity index (χ3n) is 10.9. The highest BCUT2D eigenvalue weighted by Gasteiger charge is 2.20. The second-order valence-electron chi connectivity index (χ2n) is 13.5. The number of fused-ring (bicyclic) bond motifs is 9. The molecule has 1 heteroatoms. The van der Waals surface area contributed by atoms with Crippen LogP contribution in [0, 0.1) is 0 Å². The highest BCUT2D eigenvalue weighted by atomic mass is 16.3. The van der Waals surface area contributed by atoms with E-state index in [-0.39, 0.29) is 0 Å². The van der Waals surface area contributed by atoms with E-state index in [0.717, 1.165) is 16.6 Å². The molecule has 11 aromatic rings. The summed E-state index contributed by atoms with van der Waals surface area (Å²) in [5, 5.41) is 14.8. The second kappa shape index (κ2) is 10.9. The molecule has 0 fully saturated rings. The molecule has 0 radical (unpaired) electrons. The zero-order valence-corrected chi connectivity index (χ0v) is 27.7. The zero-order valence-electron chi connectivity index (χ0n) is 27.7. The summed E-state index contributed by atoms with van der Waals surface area (Å²) in [7, 11) is 0. The van der Waals surface area contributed by atoms with Crippen molar-refractivity contribution in [1.82, 2.24) is 0 Å². The lowest BCUT2D eigenvalue weighted by molar-refractivity contribution is 0.669. The lowest BCUT2D eigenvalue weighted by Crippen LogP contribution is -1.93. The van der Waals surface area contributed by atoms with E-state index < -0.39 is 0 Å².